The van der Waals surface area contributed by atoms with Gasteiger partial charge < -0.3 is 9.64 Å². The molecule has 7 aromatic carbocycles. The van der Waals surface area contributed by atoms with Crippen molar-refractivity contribution in [3.63, 3.8) is 0 Å². The molecule has 2 nitrogen and oxygen atoms in total. The summed E-state index contributed by atoms with van der Waals surface area (Å²) in [5.74, 6) is 2.32. The Bertz CT molecular complexity index is 3110. The molecule has 0 saturated carbocycles. The number of ether oxygens (including phenoxy) is 1. The van der Waals surface area contributed by atoms with Crippen LogP contribution in [0.5, 0.6) is 5.75 Å². The second-order valence-corrected chi connectivity index (χ2v) is 18.7. The quantitative estimate of drug-likeness (QED) is 0.166. The van der Waals surface area contributed by atoms with Gasteiger partial charge in [-0.25, -0.2) is 0 Å². The lowest BCUT2D eigenvalue weighted by molar-refractivity contribution is 0.429. The summed E-state index contributed by atoms with van der Waals surface area (Å²) in [5.41, 5.74) is 23.3. The smallest absolute Gasteiger partial charge is 0.130 e. The summed E-state index contributed by atoms with van der Waals surface area (Å²) >= 11 is 0. The molecule has 1 heterocycles. The van der Waals surface area contributed by atoms with E-state index in [-0.39, 0.29) is 16.7 Å². The van der Waals surface area contributed by atoms with Crippen molar-refractivity contribution in [2.24, 2.45) is 0 Å². The van der Waals surface area contributed by atoms with E-state index in [1.807, 2.05) is 0 Å². The predicted octanol–water partition coefficient (Wildman–Crippen LogP) is 15.9. The van der Waals surface area contributed by atoms with E-state index in [1.54, 1.807) is 5.57 Å². The van der Waals surface area contributed by atoms with Crippen LogP contribution in [0.1, 0.15) is 91.8 Å². The van der Waals surface area contributed by atoms with Gasteiger partial charge in [-0.3, -0.25) is 0 Å². The van der Waals surface area contributed by atoms with Crippen molar-refractivity contribution in [1.82, 2.24) is 0 Å². The van der Waals surface area contributed by atoms with E-state index >= 15 is 0 Å². The van der Waals surface area contributed by atoms with Gasteiger partial charge in [0, 0.05) is 44.9 Å². The van der Waals surface area contributed by atoms with Gasteiger partial charge in [0.1, 0.15) is 11.5 Å². The fourth-order valence-electron chi connectivity index (χ4n) is 11.4. The zero-order chi connectivity index (χ0) is 41.7. The first-order chi connectivity index (χ1) is 30.3. The standard InChI is InChI=1S/C60H49NO/c1-59(2)53-23-9-6-18-51(53)57-45(19-13-24-54(57)59)39-28-32-43(33-29-39)61(44-34-35-48-47-16-5-8-22-52(47)60(3,4)55(48)37-44)42-30-26-38(27-31-42)40-14-11-15-41(36-40)46-20-12-21-50-49-17-7-10-25-56(49)62-58(46)50/h5-12,14-20,22-23,25-37,50H,13,21,24H2,1-4H3. The van der Waals surface area contributed by atoms with Gasteiger partial charge in [-0.05, 0) is 135 Å². The van der Waals surface area contributed by atoms with Gasteiger partial charge in [0.25, 0.3) is 0 Å². The number of hydrogen-bond acceptors (Lipinski definition) is 2. The number of allylic oxidation sites excluding steroid dienone is 8. The SMILES string of the molecule is CC1(C)C2=C(C(c3ccc(N(c4ccc(-c5cccc(C6=C7Oc8ccccc8C7CC=C6)c5)cc4)c4ccc5c(c4)C(C)(C)c4ccccc4-5)cc3)=CCC2)c2ccccc21. The fourth-order valence-corrected chi connectivity index (χ4v) is 11.4. The highest BCUT2D eigenvalue weighted by molar-refractivity contribution is 6.10. The minimum absolute atomic E-state index is 0.0431. The summed E-state index contributed by atoms with van der Waals surface area (Å²) in [7, 11) is 0. The number of anilines is 3. The summed E-state index contributed by atoms with van der Waals surface area (Å²) in [6, 6.07) is 60.9. The molecule has 4 aliphatic carbocycles. The van der Waals surface area contributed by atoms with E-state index in [0.717, 1.165) is 47.8 Å². The lowest BCUT2D eigenvalue weighted by Gasteiger charge is -2.29. The van der Waals surface area contributed by atoms with E-state index in [9.17, 15) is 0 Å². The van der Waals surface area contributed by atoms with Crippen molar-refractivity contribution in [2.45, 2.75) is 63.7 Å². The van der Waals surface area contributed by atoms with Crippen LogP contribution >= 0.6 is 0 Å². The third-order valence-corrected chi connectivity index (χ3v) is 14.6. The molecule has 300 valence electrons. The summed E-state index contributed by atoms with van der Waals surface area (Å²) in [6.45, 7) is 9.54. The molecule has 0 fully saturated rings. The Hall–Kier alpha value is -6.90. The first-order valence-electron chi connectivity index (χ1n) is 22.3. The van der Waals surface area contributed by atoms with Crippen molar-refractivity contribution >= 4 is 33.8 Å². The van der Waals surface area contributed by atoms with Gasteiger partial charge >= 0.3 is 0 Å². The maximum atomic E-state index is 6.51. The molecule has 2 heteroatoms. The average molecular weight is 800 g/mol. The third-order valence-electron chi connectivity index (χ3n) is 14.6. The van der Waals surface area contributed by atoms with Crippen molar-refractivity contribution in [2.75, 3.05) is 4.90 Å². The summed E-state index contributed by atoms with van der Waals surface area (Å²) in [6.07, 6.45) is 10.2. The highest BCUT2D eigenvalue weighted by atomic mass is 16.5. The lowest BCUT2D eigenvalue weighted by Crippen LogP contribution is -2.17. The molecule has 0 saturated heterocycles. The molecule has 0 radical (unpaired) electrons. The molecule has 1 unspecified atom stereocenters. The molecule has 1 aliphatic heterocycles. The molecule has 5 aliphatic rings. The average Bonchev–Trinajstić information content (AvgIpc) is 3.89. The third kappa shape index (κ3) is 5.55. The number of nitrogens with zero attached hydrogens (tertiary/aromatic N) is 1. The Morgan fingerprint density at radius 2 is 1.18 bits per heavy atom. The zero-order valence-electron chi connectivity index (χ0n) is 35.9. The Morgan fingerprint density at radius 1 is 0.532 bits per heavy atom. The maximum Gasteiger partial charge on any atom is 0.130 e. The lowest BCUT2D eigenvalue weighted by atomic mass is 9.77. The largest absolute Gasteiger partial charge is 0.460 e. The molecule has 12 rings (SSSR count). The Kier molecular flexibility index (Phi) is 8.22. The molecule has 0 bridgehead atoms. The van der Waals surface area contributed by atoms with E-state index in [0.29, 0.717) is 0 Å². The van der Waals surface area contributed by atoms with Crippen LogP contribution in [0, 0.1) is 0 Å². The molecular formula is C60H49NO. The minimum Gasteiger partial charge on any atom is -0.460 e. The second-order valence-electron chi connectivity index (χ2n) is 18.7. The van der Waals surface area contributed by atoms with E-state index in [4.69, 9.17) is 4.74 Å². The van der Waals surface area contributed by atoms with Crippen LogP contribution in [-0.4, -0.2) is 0 Å². The Labute approximate surface area is 365 Å². The number of para-hydroxylation sites is 1. The topological polar surface area (TPSA) is 12.5 Å². The second kappa shape index (κ2) is 13.8. The van der Waals surface area contributed by atoms with Crippen molar-refractivity contribution in [1.29, 1.82) is 0 Å². The van der Waals surface area contributed by atoms with Crippen LogP contribution in [0.25, 0.3) is 39.0 Å². The minimum atomic E-state index is -0.104. The van der Waals surface area contributed by atoms with Crippen molar-refractivity contribution < 1.29 is 4.74 Å². The van der Waals surface area contributed by atoms with Crippen molar-refractivity contribution in [3.8, 4) is 28.0 Å². The first kappa shape index (κ1) is 36.9. The Balaban J connectivity index is 0.922. The van der Waals surface area contributed by atoms with Crippen LogP contribution in [0.15, 0.2) is 193 Å². The van der Waals surface area contributed by atoms with Crippen LogP contribution in [0.3, 0.4) is 0 Å². The normalized spacial score (nSPS) is 18.3. The number of rotatable bonds is 6. The van der Waals surface area contributed by atoms with Crippen LogP contribution < -0.4 is 9.64 Å². The molecule has 62 heavy (non-hydrogen) atoms. The molecule has 0 N–H and O–H groups in total. The molecule has 0 aromatic heterocycles. The van der Waals surface area contributed by atoms with E-state index in [2.05, 4.69) is 215 Å². The number of benzene rings is 7. The molecule has 0 spiro atoms. The summed E-state index contributed by atoms with van der Waals surface area (Å²) in [4.78, 5) is 2.44. The molecular weight excluding hydrogens is 751 g/mol. The van der Waals surface area contributed by atoms with Crippen LogP contribution in [0.2, 0.25) is 0 Å². The van der Waals surface area contributed by atoms with E-state index < -0.39 is 0 Å². The zero-order valence-corrected chi connectivity index (χ0v) is 35.9. The van der Waals surface area contributed by atoms with Gasteiger partial charge in [0.2, 0.25) is 0 Å². The fraction of sp³-hybridized carbons (Fsp3) is 0.167. The van der Waals surface area contributed by atoms with Crippen molar-refractivity contribution in [3.05, 3.63) is 232 Å². The molecule has 1 atom stereocenters. The monoisotopic (exact) mass is 799 g/mol. The number of fused-ring (bicyclic) bond motifs is 8. The van der Waals surface area contributed by atoms with Gasteiger partial charge in [0.05, 0.1) is 0 Å². The van der Waals surface area contributed by atoms with E-state index in [1.165, 1.54) is 77.9 Å². The van der Waals surface area contributed by atoms with Gasteiger partial charge in [-0.2, -0.15) is 0 Å². The first-order valence-corrected chi connectivity index (χ1v) is 22.3. The molecule has 7 aromatic rings. The predicted molar refractivity (Wildman–Crippen MR) is 258 cm³/mol. The molecule has 0 amide bonds. The van der Waals surface area contributed by atoms with Gasteiger partial charge in [-0.1, -0.05) is 167 Å². The van der Waals surface area contributed by atoms with Crippen LogP contribution in [-0.2, 0) is 10.8 Å². The van der Waals surface area contributed by atoms with Gasteiger partial charge in [0.15, 0.2) is 0 Å². The van der Waals surface area contributed by atoms with Crippen LogP contribution in [0.4, 0.5) is 17.1 Å². The maximum absolute atomic E-state index is 6.51. The van der Waals surface area contributed by atoms with Gasteiger partial charge in [-0.15, -0.1) is 0 Å². The summed E-state index contributed by atoms with van der Waals surface area (Å²) < 4.78 is 6.51. The number of hydrogen-bond donors (Lipinski definition) is 0. The highest BCUT2D eigenvalue weighted by Gasteiger charge is 2.40. The highest BCUT2D eigenvalue weighted by Crippen LogP contribution is 2.55. The Morgan fingerprint density at radius 3 is 1.97 bits per heavy atom. The summed E-state index contributed by atoms with van der Waals surface area (Å²) in [5, 5.41) is 0.